The minimum atomic E-state index is -3.75. The van der Waals surface area contributed by atoms with Crippen molar-refractivity contribution in [2.75, 3.05) is 17.5 Å². The van der Waals surface area contributed by atoms with Gasteiger partial charge in [0.25, 0.3) is 10.0 Å². The minimum Gasteiger partial charge on any atom is -0.492 e. The number of hydrogen-bond acceptors (Lipinski definition) is 4. The molecular formula is C16H18ClN3O3S. The molecular weight excluding hydrogens is 350 g/mol. The van der Waals surface area contributed by atoms with Crippen LogP contribution in [0.15, 0.2) is 35.4 Å². The lowest BCUT2D eigenvalue weighted by Crippen LogP contribution is -2.29. The Morgan fingerprint density at radius 1 is 1.25 bits per heavy atom. The van der Waals surface area contributed by atoms with Crippen molar-refractivity contribution in [3.05, 3.63) is 35.5 Å². The zero-order valence-electron chi connectivity index (χ0n) is 13.1. The highest BCUT2D eigenvalue weighted by Crippen LogP contribution is 2.35. The maximum absolute atomic E-state index is 13.1. The number of anilines is 1. The Bertz CT molecular complexity index is 861. The SMILES string of the molecule is O=S(=O)(c1cc(Cl)ccc1OCCC1CC1)N1CCn2nccc21. The normalized spacial score (nSPS) is 17.1. The maximum atomic E-state index is 13.1. The van der Waals surface area contributed by atoms with Crippen molar-refractivity contribution in [1.82, 2.24) is 9.78 Å². The zero-order chi connectivity index (χ0) is 16.7. The molecule has 1 aromatic carbocycles. The van der Waals surface area contributed by atoms with E-state index in [-0.39, 0.29) is 4.90 Å². The van der Waals surface area contributed by atoms with Crippen molar-refractivity contribution < 1.29 is 13.2 Å². The number of rotatable bonds is 6. The molecule has 1 aliphatic heterocycles. The summed E-state index contributed by atoms with van der Waals surface area (Å²) in [6.45, 7) is 1.42. The molecule has 0 bridgehead atoms. The number of fused-ring (bicyclic) bond motifs is 1. The number of nitrogens with zero attached hydrogens (tertiary/aromatic N) is 3. The van der Waals surface area contributed by atoms with Crippen LogP contribution in [0.25, 0.3) is 0 Å². The first-order chi connectivity index (χ1) is 11.6. The van der Waals surface area contributed by atoms with Crippen LogP contribution in [0, 0.1) is 5.92 Å². The van der Waals surface area contributed by atoms with Gasteiger partial charge in [0.2, 0.25) is 0 Å². The van der Waals surface area contributed by atoms with Crippen LogP contribution in [0.4, 0.5) is 5.82 Å². The van der Waals surface area contributed by atoms with E-state index in [9.17, 15) is 8.42 Å². The Hall–Kier alpha value is -1.73. The predicted octanol–water partition coefficient (Wildman–Crippen LogP) is 2.92. The highest BCUT2D eigenvalue weighted by Gasteiger charge is 2.34. The van der Waals surface area contributed by atoms with Gasteiger partial charge in [-0.1, -0.05) is 24.4 Å². The van der Waals surface area contributed by atoms with E-state index in [1.54, 1.807) is 29.1 Å². The van der Waals surface area contributed by atoms with Crippen molar-refractivity contribution in [1.29, 1.82) is 0 Å². The van der Waals surface area contributed by atoms with Crippen molar-refractivity contribution >= 4 is 27.4 Å². The first kappa shape index (κ1) is 15.8. The topological polar surface area (TPSA) is 64.4 Å². The molecule has 2 aromatic rings. The van der Waals surface area contributed by atoms with Gasteiger partial charge in [-0.2, -0.15) is 5.10 Å². The van der Waals surface area contributed by atoms with Gasteiger partial charge in [0.15, 0.2) is 0 Å². The Balaban J connectivity index is 1.65. The van der Waals surface area contributed by atoms with E-state index in [4.69, 9.17) is 16.3 Å². The molecule has 8 heteroatoms. The summed E-state index contributed by atoms with van der Waals surface area (Å²) in [6, 6.07) is 6.45. The fourth-order valence-electron chi connectivity index (χ4n) is 2.92. The van der Waals surface area contributed by atoms with Crippen LogP contribution in [0.2, 0.25) is 5.02 Å². The Morgan fingerprint density at radius 3 is 2.88 bits per heavy atom. The van der Waals surface area contributed by atoms with Crippen molar-refractivity contribution in [2.45, 2.75) is 30.7 Å². The molecule has 0 spiro atoms. The van der Waals surface area contributed by atoms with Crippen LogP contribution in [0.5, 0.6) is 5.75 Å². The molecule has 0 atom stereocenters. The summed E-state index contributed by atoms with van der Waals surface area (Å²) >= 11 is 6.05. The molecule has 0 N–H and O–H groups in total. The van der Waals surface area contributed by atoms with Gasteiger partial charge < -0.3 is 4.74 Å². The molecule has 4 rings (SSSR count). The molecule has 2 heterocycles. The molecule has 1 aliphatic carbocycles. The van der Waals surface area contributed by atoms with Crippen LogP contribution in [-0.4, -0.2) is 31.3 Å². The van der Waals surface area contributed by atoms with E-state index in [1.165, 1.54) is 23.2 Å². The first-order valence-electron chi connectivity index (χ1n) is 8.02. The second kappa shape index (κ2) is 5.97. The highest BCUT2D eigenvalue weighted by atomic mass is 35.5. The van der Waals surface area contributed by atoms with Crippen LogP contribution in [-0.2, 0) is 16.6 Å². The average molecular weight is 368 g/mol. The van der Waals surface area contributed by atoms with Gasteiger partial charge in [-0.25, -0.2) is 17.4 Å². The second-order valence-corrected chi connectivity index (χ2v) is 8.43. The Morgan fingerprint density at radius 2 is 2.08 bits per heavy atom. The summed E-state index contributed by atoms with van der Waals surface area (Å²) in [6.07, 6.45) is 5.04. The fourth-order valence-corrected chi connectivity index (χ4v) is 4.77. The lowest BCUT2D eigenvalue weighted by molar-refractivity contribution is 0.295. The number of ether oxygens (including phenoxy) is 1. The van der Waals surface area contributed by atoms with Gasteiger partial charge in [-0.3, -0.25) is 0 Å². The van der Waals surface area contributed by atoms with Crippen LogP contribution in [0.3, 0.4) is 0 Å². The van der Waals surface area contributed by atoms with E-state index in [1.807, 2.05) is 0 Å². The maximum Gasteiger partial charge on any atom is 0.269 e. The van der Waals surface area contributed by atoms with E-state index in [2.05, 4.69) is 5.10 Å². The van der Waals surface area contributed by atoms with Crippen LogP contribution >= 0.6 is 11.6 Å². The molecule has 2 aliphatic rings. The molecule has 1 aromatic heterocycles. The molecule has 0 unspecified atom stereocenters. The third-order valence-corrected chi connectivity index (χ3v) is 6.48. The average Bonchev–Trinajstić information content (AvgIpc) is 3.09. The summed E-state index contributed by atoms with van der Waals surface area (Å²) in [4.78, 5) is 0.112. The van der Waals surface area contributed by atoms with Crippen molar-refractivity contribution in [3.8, 4) is 5.75 Å². The second-order valence-electron chi connectivity index (χ2n) is 6.16. The highest BCUT2D eigenvalue weighted by molar-refractivity contribution is 7.93. The summed E-state index contributed by atoms with van der Waals surface area (Å²) < 4.78 is 35.1. The number of benzene rings is 1. The minimum absolute atomic E-state index is 0.112. The quantitative estimate of drug-likeness (QED) is 0.787. The van der Waals surface area contributed by atoms with E-state index < -0.39 is 10.0 Å². The van der Waals surface area contributed by atoms with Crippen molar-refractivity contribution in [2.24, 2.45) is 5.92 Å². The van der Waals surface area contributed by atoms with Crippen LogP contribution < -0.4 is 9.04 Å². The summed E-state index contributed by atoms with van der Waals surface area (Å²) in [5.41, 5.74) is 0. The molecule has 6 nitrogen and oxygen atoms in total. The van der Waals surface area contributed by atoms with E-state index in [0.29, 0.717) is 36.3 Å². The fraction of sp³-hybridized carbons (Fsp3) is 0.438. The van der Waals surface area contributed by atoms with Gasteiger partial charge in [-0.15, -0.1) is 0 Å². The molecule has 0 amide bonds. The molecule has 1 fully saturated rings. The molecule has 0 saturated heterocycles. The molecule has 24 heavy (non-hydrogen) atoms. The number of sulfonamides is 1. The van der Waals surface area contributed by atoms with E-state index >= 15 is 0 Å². The van der Waals surface area contributed by atoms with Gasteiger partial charge in [0.05, 0.1) is 25.9 Å². The molecule has 0 radical (unpaired) electrons. The lowest BCUT2D eigenvalue weighted by atomic mass is 10.3. The summed E-state index contributed by atoms with van der Waals surface area (Å²) in [7, 11) is -3.75. The molecule has 1 saturated carbocycles. The number of hydrogen-bond donors (Lipinski definition) is 0. The zero-order valence-corrected chi connectivity index (χ0v) is 14.6. The van der Waals surface area contributed by atoms with Gasteiger partial charge in [0, 0.05) is 11.1 Å². The largest absolute Gasteiger partial charge is 0.492 e. The summed E-state index contributed by atoms with van der Waals surface area (Å²) in [5, 5.41) is 4.49. The smallest absolute Gasteiger partial charge is 0.269 e. The third kappa shape index (κ3) is 2.86. The number of aromatic nitrogens is 2. The van der Waals surface area contributed by atoms with E-state index in [0.717, 1.165) is 12.3 Å². The summed E-state index contributed by atoms with van der Waals surface area (Å²) in [5.74, 6) is 1.65. The third-order valence-electron chi connectivity index (χ3n) is 4.42. The van der Waals surface area contributed by atoms with Gasteiger partial charge in [0.1, 0.15) is 16.5 Å². The lowest BCUT2D eigenvalue weighted by Gasteiger charge is -2.20. The van der Waals surface area contributed by atoms with Crippen LogP contribution in [0.1, 0.15) is 19.3 Å². The van der Waals surface area contributed by atoms with Gasteiger partial charge >= 0.3 is 0 Å². The monoisotopic (exact) mass is 367 g/mol. The standard InChI is InChI=1S/C16H18ClN3O3S/c17-13-3-4-14(23-10-6-12-1-2-12)15(11-13)24(21,22)20-9-8-19-16(20)5-7-18-19/h3-5,7,11-12H,1-2,6,8-10H2. The Kier molecular flexibility index (Phi) is 3.92. The van der Waals surface area contributed by atoms with Crippen molar-refractivity contribution in [3.63, 3.8) is 0 Å². The predicted molar refractivity (Wildman–Crippen MR) is 91.0 cm³/mol. The van der Waals surface area contributed by atoms with Gasteiger partial charge in [-0.05, 0) is 30.5 Å². The first-order valence-corrected chi connectivity index (χ1v) is 9.84. The molecule has 128 valence electrons. The Labute approximate surface area is 146 Å². The number of halogens is 1.